The van der Waals surface area contributed by atoms with Crippen LogP contribution in [0.5, 0.6) is 0 Å². The van der Waals surface area contributed by atoms with E-state index in [1.165, 1.54) is 131 Å². The molecule has 2 aliphatic carbocycles. The van der Waals surface area contributed by atoms with E-state index in [4.69, 9.17) is 0 Å². The lowest BCUT2D eigenvalue weighted by Crippen LogP contribution is -2.26. The molecule has 0 aliphatic heterocycles. The van der Waals surface area contributed by atoms with E-state index in [1.54, 1.807) is 0 Å². The normalized spacial score (nSPS) is 13.4. The van der Waals surface area contributed by atoms with Gasteiger partial charge < -0.3 is 0 Å². The first-order valence-electron chi connectivity index (χ1n) is 21.4. The molecule has 12 aromatic carbocycles. The topological polar surface area (TPSA) is 0 Å². The molecule has 0 bridgehead atoms. The van der Waals surface area contributed by atoms with Gasteiger partial charge in [-0.1, -0.05) is 182 Å². The summed E-state index contributed by atoms with van der Waals surface area (Å²) in [7, 11) is 0. The van der Waals surface area contributed by atoms with Crippen LogP contribution in [0.15, 0.2) is 218 Å². The van der Waals surface area contributed by atoms with Crippen LogP contribution in [0.25, 0.3) is 109 Å². The second kappa shape index (κ2) is 12.1. The van der Waals surface area contributed by atoms with Crippen molar-refractivity contribution in [2.45, 2.75) is 5.41 Å². The quantitative estimate of drug-likeness (QED) is 0.121. The Bertz CT molecular complexity index is 3840. The summed E-state index contributed by atoms with van der Waals surface area (Å²) in [6.45, 7) is 0. The molecule has 0 unspecified atom stereocenters. The summed E-state index contributed by atoms with van der Waals surface area (Å²) < 4.78 is 0. The Kier molecular flexibility index (Phi) is 6.58. The molecule has 2 aliphatic rings. The van der Waals surface area contributed by atoms with Crippen molar-refractivity contribution in [3.63, 3.8) is 0 Å². The van der Waals surface area contributed by atoms with E-state index in [9.17, 15) is 0 Å². The minimum atomic E-state index is -0.479. The zero-order valence-electron chi connectivity index (χ0n) is 33.3. The third kappa shape index (κ3) is 4.44. The van der Waals surface area contributed by atoms with E-state index < -0.39 is 5.41 Å². The minimum Gasteiger partial charge on any atom is -0.0619 e. The zero-order valence-corrected chi connectivity index (χ0v) is 33.3. The molecular weight excluding hydrogens is 733 g/mol. The standard InChI is InChI=1S/C61H36/c1-3-15-45-37(11-1)24-26-42-33-53-40(32-54(42)45)14-10-19-47(53)43-27-29-51-52-30-28-44(48-20-9-13-39-31-41-25-23-38-12-2-4-16-46(38)56(41)36-55(39)48)35-60(52)61(59(51)34-43)57-21-7-5-17-49(57)50-18-6-8-22-58(50)61/h1-36H. The van der Waals surface area contributed by atoms with Crippen LogP contribution in [0.2, 0.25) is 0 Å². The first-order chi connectivity index (χ1) is 30.2. The van der Waals surface area contributed by atoms with E-state index >= 15 is 0 Å². The predicted octanol–water partition coefficient (Wildman–Crippen LogP) is 16.3. The molecule has 0 heteroatoms. The SMILES string of the molecule is c1ccc2c(c1)-c1ccccc1C21c2cc(-c3cccc4cc5c(ccc6ccccc65)cc34)ccc2-c2ccc(-c3cccc4cc5ccc6ccccc6c5cc34)cc21. The van der Waals surface area contributed by atoms with Crippen molar-refractivity contribution in [2.75, 3.05) is 0 Å². The largest absolute Gasteiger partial charge is 0.0725 e. The summed E-state index contributed by atoms with van der Waals surface area (Å²) >= 11 is 0. The summed E-state index contributed by atoms with van der Waals surface area (Å²) in [5.74, 6) is 0. The van der Waals surface area contributed by atoms with Gasteiger partial charge in [-0.25, -0.2) is 0 Å². The summed E-state index contributed by atoms with van der Waals surface area (Å²) in [6.07, 6.45) is 0. The number of benzene rings is 12. The lowest BCUT2D eigenvalue weighted by atomic mass is 9.70. The smallest absolute Gasteiger partial charge is 0.0619 e. The molecule has 1 spiro atoms. The molecule has 0 fully saturated rings. The molecule has 0 heterocycles. The fourth-order valence-electron chi connectivity index (χ4n) is 11.5. The Hall–Kier alpha value is -7.80. The average molecular weight is 769 g/mol. The first kappa shape index (κ1) is 33.1. The van der Waals surface area contributed by atoms with E-state index in [0.29, 0.717) is 0 Å². The molecule has 61 heavy (non-hydrogen) atoms. The summed E-state index contributed by atoms with van der Waals surface area (Å²) in [4.78, 5) is 0. The molecule has 12 aromatic rings. The molecular formula is C61H36. The van der Waals surface area contributed by atoms with Crippen LogP contribution in [-0.4, -0.2) is 0 Å². The van der Waals surface area contributed by atoms with Crippen molar-refractivity contribution in [1.82, 2.24) is 0 Å². The molecule has 0 nitrogen and oxygen atoms in total. The molecule has 14 rings (SSSR count). The van der Waals surface area contributed by atoms with E-state index in [1.807, 2.05) is 0 Å². The Morgan fingerprint density at radius 1 is 0.197 bits per heavy atom. The lowest BCUT2D eigenvalue weighted by molar-refractivity contribution is 0.794. The predicted molar refractivity (Wildman–Crippen MR) is 259 cm³/mol. The van der Waals surface area contributed by atoms with Gasteiger partial charge in [0, 0.05) is 0 Å². The van der Waals surface area contributed by atoms with Crippen molar-refractivity contribution in [1.29, 1.82) is 0 Å². The average Bonchev–Trinajstić information content (AvgIpc) is 3.79. The monoisotopic (exact) mass is 768 g/mol. The van der Waals surface area contributed by atoms with Gasteiger partial charge in [0.15, 0.2) is 0 Å². The molecule has 0 saturated heterocycles. The van der Waals surface area contributed by atoms with Crippen LogP contribution in [0.4, 0.5) is 0 Å². The van der Waals surface area contributed by atoms with E-state index in [2.05, 4.69) is 218 Å². The molecule has 0 N–H and O–H groups in total. The zero-order chi connectivity index (χ0) is 39.8. The molecule has 0 atom stereocenters. The second-order valence-electron chi connectivity index (χ2n) is 17.1. The van der Waals surface area contributed by atoms with E-state index in [0.717, 1.165) is 0 Å². The van der Waals surface area contributed by atoms with Crippen LogP contribution in [-0.2, 0) is 5.41 Å². The minimum absolute atomic E-state index is 0.479. The van der Waals surface area contributed by atoms with Gasteiger partial charge in [-0.2, -0.15) is 0 Å². The van der Waals surface area contributed by atoms with Crippen LogP contribution in [0.1, 0.15) is 22.3 Å². The molecule has 0 amide bonds. The van der Waals surface area contributed by atoms with Crippen molar-refractivity contribution in [2.24, 2.45) is 0 Å². The van der Waals surface area contributed by atoms with E-state index in [-0.39, 0.29) is 0 Å². The Labute approximate surface area is 353 Å². The van der Waals surface area contributed by atoms with Gasteiger partial charge >= 0.3 is 0 Å². The van der Waals surface area contributed by atoms with Gasteiger partial charge in [0.1, 0.15) is 0 Å². The Morgan fingerprint density at radius 3 is 1.20 bits per heavy atom. The van der Waals surface area contributed by atoms with Crippen molar-refractivity contribution >= 4 is 64.6 Å². The summed E-state index contributed by atoms with van der Waals surface area (Å²) in [5.41, 5.74) is 15.2. The van der Waals surface area contributed by atoms with Gasteiger partial charge in [-0.05, 0) is 168 Å². The first-order valence-corrected chi connectivity index (χ1v) is 21.4. The summed E-state index contributed by atoms with van der Waals surface area (Å²) in [5, 5.41) is 15.4. The van der Waals surface area contributed by atoms with Gasteiger partial charge in [-0.3, -0.25) is 0 Å². The second-order valence-corrected chi connectivity index (χ2v) is 17.1. The van der Waals surface area contributed by atoms with Crippen LogP contribution in [0, 0.1) is 0 Å². The van der Waals surface area contributed by atoms with Crippen LogP contribution < -0.4 is 0 Å². The van der Waals surface area contributed by atoms with Crippen LogP contribution in [0.3, 0.4) is 0 Å². The van der Waals surface area contributed by atoms with Crippen molar-refractivity contribution in [3.8, 4) is 44.5 Å². The molecule has 0 saturated carbocycles. The van der Waals surface area contributed by atoms with Gasteiger partial charge in [-0.15, -0.1) is 0 Å². The van der Waals surface area contributed by atoms with Crippen LogP contribution >= 0.6 is 0 Å². The third-order valence-electron chi connectivity index (χ3n) is 14.2. The highest BCUT2D eigenvalue weighted by Crippen LogP contribution is 2.63. The number of hydrogen-bond donors (Lipinski definition) is 0. The highest BCUT2D eigenvalue weighted by atomic mass is 14.5. The van der Waals surface area contributed by atoms with Crippen molar-refractivity contribution in [3.05, 3.63) is 241 Å². The summed E-state index contributed by atoms with van der Waals surface area (Å²) in [6, 6.07) is 82.7. The number of rotatable bonds is 2. The fraction of sp³-hybridized carbons (Fsp3) is 0.0164. The van der Waals surface area contributed by atoms with Gasteiger partial charge in [0.05, 0.1) is 5.41 Å². The fourth-order valence-corrected chi connectivity index (χ4v) is 11.5. The molecule has 0 radical (unpaired) electrons. The lowest BCUT2D eigenvalue weighted by Gasteiger charge is -2.31. The third-order valence-corrected chi connectivity index (χ3v) is 14.2. The Morgan fingerprint density at radius 2 is 0.590 bits per heavy atom. The Balaban J connectivity index is 1.02. The maximum atomic E-state index is 2.53. The van der Waals surface area contributed by atoms with Gasteiger partial charge in [0.25, 0.3) is 0 Å². The maximum absolute atomic E-state index is 2.53. The number of fused-ring (bicyclic) bond motifs is 18. The van der Waals surface area contributed by atoms with Crippen molar-refractivity contribution < 1.29 is 0 Å². The maximum Gasteiger partial charge on any atom is 0.0725 e. The highest BCUT2D eigenvalue weighted by Gasteiger charge is 2.51. The molecule has 280 valence electrons. The highest BCUT2D eigenvalue weighted by molar-refractivity contribution is 6.16. The number of hydrogen-bond acceptors (Lipinski definition) is 0. The van der Waals surface area contributed by atoms with Gasteiger partial charge in [0.2, 0.25) is 0 Å². The molecule has 0 aromatic heterocycles.